The average Bonchev–Trinajstić information content (AvgIpc) is 3.19. The molecule has 1 heterocycles. The van der Waals surface area contributed by atoms with Gasteiger partial charge in [-0.25, -0.2) is 0 Å². The van der Waals surface area contributed by atoms with Crippen LogP contribution in [0.25, 0.3) is 11.5 Å². The van der Waals surface area contributed by atoms with Gasteiger partial charge in [0.2, 0.25) is 11.9 Å². The van der Waals surface area contributed by atoms with Crippen molar-refractivity contribution in [1.29, 1.82) is 0 Å². The molecule has 8 nitrogen and oxygen atoms in total. The van der Waals surface area contributed by atoms with Crippen LogP contribution in [0.3, 0.4) is 0 Å². The number of nitro groups is 1. The summed E-state index contributed by atoms with van der Waals surface area (Å²) in [4.78, 5) is 26.9. The first kappa shape index (κ1) is 16.1. The second kappa shape index (κ2) is 6.03. The molecule has 1 saturated carbocycles. The third-order valence-electron chi connectivity index (χ3n) is 4.07. The highest BCUT2D eigenvalue weighted by Crippen LogP contribution is 2.36. The Morgan fingerprint density at radius 1 is 1.46 bits per heavy atom. The molecular formula is C16H18N4O4. The van der Waals surface area contributed by atoms with Gasteiger partial charge >= 0.3 is 0 Å². The Labute approximate surface area is 138 Å². The summed E-state index contributed by atoms with van der Waals surface area (Å²) in [6.45, 7) is 5.76. The van der Waals surface area contributed by atoms with Crippen molar-refractivity contribution >= 4 is 11.6 Å². The second-order valence-electron chi connectivity index (χ2n) is 6.29. The van der Waals surface area contributed by atoms with E-state index in [0.29, 0.717) is 23.0 Å². The van der Waals surface area contributed by atoms with Gasteiger partial charge in [0.25, 0.3) is 5.89 Å². The molecule has 1 N–H and O–H groups in total. The molecule has 2 aromatic rings. The van der Waals surface area contributed by atoms with Gasteiger partial charge in [0.15, 0.2) is 5.82 Å². The molecule has 1 amide bonds. The molecule has 1 fully saturated rings. The smallest absolute Gasteiger partial charge is 0.260 e. The molecule has 24 heavy (non-hydrogen) atoms. The van der Waals surface area contributed by atoms with E-state index >= 15 is 0 Å². The lowest BCUT2D eigenvalue weighted by Gasteiger charge is -2.11. The van der Waals surface area contributed by atoms with Crippen molar-refractivity contribution in [3.63, 3.8) is 0 Å². The Balaban J connectivity index is 1.88. The normalized spacial score (nSPS) is 19.3. The van der Waals surface area contributed by atoms with Crippen molar-refractivity contribution < 1.29 is 14.2 Å². The number of anilines is 1. The van der Waals surface area contributed by atoms with Crippen LogP contribution in [0.15, 0.2) is 22.7 Å². The van der Waals surface area contributed by atoms with Crippen LogP contribution in [-0.2, 0) is 4.79 Å². The van der Waals surface area contributed by atoms with E-state index in [0.717, 1.165) is 5.56 Å². The number of hydrogen-bond donors (Lipinski definition) is 1. The standard InChI is InChI=1S/C16H18N4O4/c1-8(2)14-18-16(24-19-14)10-6-4-5-9(3)13(10)17-15(21)11-7-12(11)20(22)23/h4-6,8,11-12H,7H2,1-3H3,(H,17,21)/t11-,12+/m1/s1. The highest BCUT2D eigenvalue weighted by molar-refractivity contribution is 5.98. The maximum Gasteiger partial charge on any atom is 0.260 e. The van der Waals surface area contributed by atoms with Gasteiger partial charge in [0.05, 0.1) is 11.3 Å². The van der Waals surface area contributed by atoms with Crippen LogP contribution < -0.4 is 5.32 Å². The predicted molar refractivity (Wildman–Crippen MR) is 86.1 cm³/mol. The quantitative estimate of drug-likeness (QED) is 0.666. The van der Waals surface area contributed by atoms with E-state index < -0.39 is 16.9 Å². The lowest BCUT2D eigenvalue weighted by molar-refractivity contribution is -0.497. The molecule has 1 aromatic heterocycles. The van der Waals surface area contributed by atoms with Crippen molar-refractivity contribution in [2.45, 2.75) is 39.2 Å². The van der Waals surface area contributed by atoms with Crippen molar-refractivity contribution in [1.82, 2.24) is 10.1 Å². The number of benzene rings is 1. The third kappa shape index (κ3) is 2.99. The topological polar surface area (TPSA) is 111 Å². The number of aromatic nitrogens is 2. The fraction of sp³-hybridized carbons (Fsp3) is 0.438. The maximum atomic E-state index is 12.3. The number of carbonyl (C=O) groups is 1. The van der Waals surface area contributed by atoms with Crippen molar-refractivity contribution in [3.05, 3.63) is 39.7 Å². The van der Waals surface area contributed by atoms with Gasteiger partial charge in [-0.05, 0) is 18.6 Å². The fourth-order valence-corrected chi connectivity index (χ4v) is 2.50. The first-order valence-electron chi connectivity index (χ1n) is 7.76. The zero-order chi connectivity index (χ0) is 17.4. The van der Waals surface area contributed by atoms with Crippen LogP contribution in [0.1, 0.15) is 37.6 Å². The van der Waals surface area contributed by atoms with Gasteiger partial charge in [-0.3, -0.25) is 14.9 Å². The molecule has 2 atom stereocenters. The lowest BCUT2D eigenvalue weighted by atomic mass is 10.1. The van der Waals surface area contributed by atoms with E-state index in [9.17, 15) is 14.9 Å². The van der Waals surface area contributed by atoms with Gasteiger partial charge in [-0.1, -0.05) is 31.1 Å². The minimum atomic E-state index is -0.784. The third-order valence-corrected chi connectivity index (χ3v) is 4.07. The first-order chi connectivity index (χ1) is 11.4. The SMILES string of the molecule is Cc1cccc(-c2nc(C(C)C)no2)c1NC(=O)[C@@H]1C[C@@H]1[N+](=O)[O-]. The molecular weight excluding hydrogens is 312 g/mol. The molecule has 126 valence electrons. The van der Waals surface area contributed by atoms with Gasteiger partial charge in [0, 0.05) is 17.3 Å². The molecule has 1 aromatic carbocycles. The number of hydrogen-bond acceptors (Lipinski definition) is 6. The Morgan fingerprint density at radius 3 is 2.79 bits per heavy atom. The molecule has 1 aliphatic rings. The molecule has 0 radical (unpaired) electrons. The summed E-state index contributed by atoms with van der Waals surface area (Å²) in [5.74, 6) is 0.0913. The van der Waals surface area contributed by atoms with Crippen LogP contribution >= 0.6 is 0 Å². The number of aryl methyl sites for hydroxylation is 1. The van der Waals surface area contributed by atoms with E-state index in [2.05, 4.69) is 15.5 Å². The Bertz CT molecular complexity index is 799. The monoisotopic (exact) mass is 330 g/mol. The zero-order valence-electron chi connectivity index (χ0n) is 13.6. The summed E-state index contributed by atoms with van der Waals surface area (Å²) in [5.41, 5.74) is 1.99. The second-order valence-corrected chi connectivity index (χ2v) is 6.29. The molecule has 0 unspecified atom stereocenters. The molecule has 1 aliphatic carbocycles. The van der Waals surface area contributed by atoms with Crippen LogP contribution in [0.5, 0.6) is 0 Å². The van der Waals surface area contributed by atoms with Crippen LogP contribution in [0.2, 0.25) is 0 Å². The zero-order valence-corrected chi connectivity index (χ0v) is 13.6. The van der Waals surface area contributed by atoms with E-state index in [1.807, 2.05) is 32.9 Å². The predicted octanol–water partition coefficient (Wildman–Crippen LogP) is 2.77. The largest absolute Gasteiger partial charge is 0.334 e. The van der Waals surface area contributed by atoms with Crippen molar-refractivity contribution in [2.75, 3.05) is 5.32 Å². The summed E-state index contributed by atoms with van der Waals surface area (Å²) < 4.78 is 5.30. The van der Waals surface area contributed by atoms with Gasteiger partial charge in [-0.2, -0.15) is 4.98 Å². The number of para-hydroxylation sites is 1. The molecule has 0 saturated heterocycles. The van der Waals surface area contributed by atoms with Gasteiger partial charge < -0.3 is 9.84 Å². The van der Waals surface area contributed by atoms with E-state index in [4.69, 9.17) is 4.52 Å². The Hall–Kier alpha value is -2.77. The van der Waals surface area contributed by atoms with Crippen molar-refractivity contribution in [2.24, 2.45) is 5.92 Å². The average molecular weight is 330 g/mol. The Kier molecular flexibility index (Phi) is 4.04. The lowest BCUT2D eigenvalue weighted by Crippen LogP contribution is -2.19. The number of nitrogens with one attached hydrogen (secondary N) is 1. The molecule has 8 heteroatoms. The number of amides is 1. The molecule has 3 rings (SSSR count). The highest BCUT2D eigenvalue weighted by atomic mass is 16.6. The van der Waals surface area contributed by atoms with Crippen LogP contribution in [0, 0.1) is 23.0 Å². The maximum absolute atomic E-state index is 12.3. The minimum absolute atomic E-state index is 0.123. The summed E-state index contributed by atoms with van der Waals surface area (Å²) in [7, 11) is 0. The van der Waals surface area contributed by atoms with Crippen LogP contribution in [-0.4, -0.2) is 27.0 Å². The van der Waals surface area contributed by atoms with Crippen LogP contribution in [0.4, 0.5) is 5.69 Å². The first-order valence-corrected chi connectivity index (χ1v) is 7.76. The summed E-state index contributed by atoms with van der Waals surface area (Å²) in [6.07, 6.45) is 0.276. The highest BCUT2D eigenvalue weighted by Gasteiger charge is 2.53. The number of carbonyl (C=O) groups excluding carboxylic acids is 1. The van der Waals surface area contributed by atoms with E-state index in [1.54, 1.807) is 6.07 Å². The number of nitrogens with zero attached hydrogens (tertiary/aromatic N) is 3. The van der Waals surface area contributed by atoms with Crippen molar-refractivity contribution in [3.8, 4) is 11.5 Å². The molecule has 0 aliphatic heterocycles. The number of rotatable bonds is 5. The minimum Gasteiger partial charge on any atom is -0.334 e. The van der Waals surface area contributed by atoms with Gasteiger partial charge in [0.1, 0.15) is 5.92 Å². The van der Waals surface area contributed by atoms with E-state index in [1.165, 1.54) is 0 Å². The summed E-state index contributed by atoms with van der Waals surface area (Å²) in [6, 6.07) is 4.67. The Morgan fingerprint density at radius 2 is 2.21 bits per heavy atom. The fourth-order valence-electron chi connectivity index (χ4n) is 2.50. The molecule has 0 spiro atoms. The van der Waals surface area contributed by atoms with Gasteiger partial charge in [-0.15, -0.1) is 0 Å². The summed E-state index contributed by atoms with van der Waals surface area (Å²) >= 11 is 0. The van der Waals surface area contributed by atoms with E-state index in [-0.39, 0.29) is 18.2 Å². The molecule has 0 bridgehead atoms. The summed E-state index contributed by atoms with van der Waals surface area (Å²) in [5, 5.41) is 17.5.